The summed E-state index contributed by atoms with van der Waals surface area (Å²) in [5.74, 6) is 1.29. The van der Waals surface area contributed by atoms with E-state index in [1.807, 2.05) is 6.92 Å². The van der Waals surface area contributed by atoms with Crippen LogP contribution in [0.2, 0.25) is 0 Å². The minimum absolute atomic E-state index is 0.0504. The molecule has 0 radical (unpaired) electrons. The average molecular weight is 210 g/mol. The van der Waals surface area contributed by atoms with Crippen molar-refractivity contribution in [2.24, 2.45) is 17.3 Å². The molecule has 2 atom stereocenters. The fourth-order valence-electron chi connectivity index (χ4n) is 2.35. The third kappa shape index (κ3) is 2.83. The Hall–Kier alpha value is -0.790. The van der Waals surface area contributed by atoms with E-state index in [1.165, 1.54) is 0 Å². The maximum absolute atomic E-state index is 11.8. The number of rotatable bonds is 4. The quantitative estimate of drug-likeness (QED) is 0.526. The minimum Gasteiger partial charge on any atom is -0.461 e. The van der Waals surface area contributed by atoms with Crippen molar-refractivity contribution in [3.63, 3.8) is 0 Å². The summed E-state index contributed by atoms with van der Waals surface area (Å²) in [5.41, 5.74) is -0.252. The molecule has 1 aliphatic rings. The van der Waals surface area contributed by atoms with E-state index in [-0.39, 0.29) is 11.4 Å². The molecule has 0 aromatic heterocycles. The first-order chi connectivity index (χ1) is 6.99. The number of carbonyl (C=O) groups excluding carboxylic acids is 1. The van der Waals surface area contributed by atoms with Crippen LogP contribution in [-0.4, -0.2) is 12.6 Å². The van der Waals surface area contributed by atoms with Gasteiger partial charge >= 0.3 is 5.97 Å². The summed E-state index contributed by atoms with van der Waals surface area (Å²) < 4.78 is 5.15. The van der Waals surface area contributed by atoms with Gasteiger partial charge in [-0.25, -0.2) is 0 Å². The largest absolute Gasteiger partial charge is 0.461 e. The van der Waals surface area contributed by atoms with E-state index >= 15 is 0 Å². The van der Waals surface area contributed by atoms with Gasteiger partial charge in [-0.15, -0.1) is 0 Å². The first kappa shape index (κ1) is 12.3. The van der Waals surface area contributed by atoms with Gasteiger partial charge in [-0.1, -0.05) is 26.5 Å². The topological polar surface area (TPSA) is 26.3 Å². The summed E-state index contributed by atoms with van der Waals surface area (Å²) in [4.78, 5) is 11.8. The van der Waals surface area contributed by atoms with Gasteiger partial charge in [0.05, 0.1) is 5.41 Å². The second-order valence-corrected chi connectivity index (χ2v) is 5.19. The van der Waals surface area contributed by atoms with Gasteiger partial charge in [0.1, 0.15) is 6.61 Å². The molecule has 0 bridgehead atoms. The lowest BCUT2D eigenvalue weighted by molar-refractivity contribution is -0.153. The highest BCUT2D eigenvalue weighted by Crippen LogP contribution is 2.45. The van der Waals surface area contributed by atoms with E-state index in [0.29, 0.717) is 18.4 Å². The van der Waals surface area contributed by atoms with Crippen LogP contribution in [0.4, 0.5) is 0 Å². The van der Waals surface area contributed by atoms with E-state index in [0.717, 1.165) is 19.3 Å². The molecule has 0 spiro atoms. The van der Waals surface area contributed by atoms with E-state index in [9.17, 15) is 4.79 Å². The van der Waals surface area contributed by atoms with Crippen LogP contribution in [0.1, 0.15) is 40.0 Å². The van der Waals surface area contributed by atoms with Crippen molar-refractivity contribution in [3.8, 4) is 0 Å². The van der Waals surface area contributed by atoms with Crippen LogP contribution >= 0.6 is 0 Å². The molecule has 0 N–H and O–H groups in total. The summed E-state index contributed by atoms with van der Waals surface area (Å²) in [6, 6.07) is 0. The number of esters is 1. The molecular formula is C13H22O2. The van der Waals surface area contributed by atoms with Gasteiger partial charge in [0.25, 0.3) is 0 Å². The van der Waals surface area contributed by atoms with E-state index in [4.69, 9.17) is 4.74 Å². The zero-order chi connectivity index (χ0) is 11.5. The Morgan fingerprint density at radius 3 is 2.80 bits per heavy atom. The van der Waals surface area contributed by atoms with Crippen molar-refractivity contribution in [1.29, 1.82) is 0 Å². The van der Waals surface area contributed by atoms with Crippen molar-refractivity contribution >= 4 is 5.97 Å². The zero-order valence-electron chi connectivity index (χ0n) is 10.1. The lowest BCUT2D eigenvalue weighted by Gasteiger charge is -2.22. The molecule has 0 heterocycles. The third-order valence-electron chi connectivity index (χ3n) is 3.55. The zero-order valence-corrected chi connectivity index (χ0v) is 10.1. The maximum atomic E-state index is 11.8. The highest BCUT2D eigenvalue weighted by Gasteiger charge is 2.43. The SMILES string of the molecule is C=CCOC(=O)C1(C)CCC(C(C)C)C1. The third-order valence-corrected chi connectivity index (χ3v) is 3.55. The first-order valence-electron chi connectivity index (χ1n) is 5.78. The number of hydrogen-bond donors (Lipinski definition) is 0. The van der Waals surface area contributed by atoms with Crippen molar-refractivity contribution in [1.82, 2.24) is 0 Å². The number of ether oxygens (including phenoxy) is 1. The predicted molar refractivity (Wildman–Crippen MR) is 61.4 cm³/mol. The van der Waals surface area contributed by atoms with Crippen molar-refractivity contribution in [3.05, 3.63) is 12.7 Å². The van der Waals surface area contributed by atoms with Crippen LogP contribution in [0, 0.1) is 17.3 Å². The maximum Gasteiger partial charge on any atom is 0.312 e. The van der Waals surface area contributed by atoms with Crippen LogP contribution in [0.25, 0.3) is 0 Å². The van der Waals surface area contributed by atoms with Crippen molar-refractivity contribution in [2.75, 3.05) is 6.61 Å². The Labute approximate surface area is 92.7 Å². The Morgan fingerprint density at radius 1 is 1.67 bits per heavy atom. The van der Waals surface area contributed by atoms with Crippen LogP contribution in [0.5, 0.6) is 0 Å². The predicted octanol–water partition coefficient (Wildman–Crippen LogP) is 3.18. The van der Waals surface area contributed by atoms with Gasteiger partial charge in [-0.05, 0) is 38.0 Å². The normalized spacial score (nSPS) is 30.5. The fraction of sp³-hybridized carbons (Fsp3) is 0.769. The lowest BCUT2D eigenvalue weighted by Crippen LogP contribution is -2.27. The smallest absolute Gasteiger partial charge is 0.312 e. The summed E-state index contributed by atoms with van der Waals surface area (Å²) in [6.45, 7) is 10.4. The average Bonchev–Trinajstić information content (AvgIpc) is 2.59. The van der Waals surface area contributed by atoms with Gasteiger partial charge in [0.15, 0.2) is 0 Å². The van der Waals surface area contributed by atoms with Crippen molar-refractivity contribution < 1.29 is 9.53 Å². The second kappa shape index (κ2) is 4.82. The van der Waals surface area contributed by atoms with Gasteiger partial charge in [0.2, 0.25) is 0 Å². The van der Waals surface area contributed by atoms with Gasteiger partial charge in [-0.3, -0.25) is 4.79 Å². The molecule has 2 nitrogen and oxygen atoms in total. The molecule has 0 saturated heterocycles. The molecule has 1 fully saturated rings. The fourth-order valence-corrected chi connectivity index (χ4v) is 2.35. The highest BCUT2D eigenvalue weighted by molar-refractivity contribution is 5.76. The molecule has 0 aromatic rings. The Morgan fingerprint density at radius 2 is 2.33 bits per heavy atom. The Bertz CT molecular complexity index is 245. The lowest BCUT2D eigenvalue weighted by atomic mass is 9.85. The molecule has 1 aliphatic carbocycles. The summed E-state index contributed by atoms with van der Waals surface area (Å²) in [5, 5.41) is 0. The summed E-state index contributed by atoms with van der Waals surface area (Å²) in [7, 11) is 0. The molecule has 0 aromatic carbocycles. The summed E-state index contributed by atoms with van der Waals surface area (Å²) in [6.07, 6.45) is 4.71. The molecule has 1 rings (SSSR count). The van der Waals surface area contributed by atoms with Crippen LogP contribution < -0.4 is 0 Å². The van der Waals surface area contributed by atoms with Gasteiger partial charge < -0.3 is 4.74 Å². The summed E-state index contributed by atoms with van der Waals surface area (Å²) >= 11 is 0. The Kier molecular flexibility index (Phi) is 3.95. The van der Waals surface area contributed by atoms with Crippen molar-refractivity contribution in [2.45, 2.75) is 40.0 Å². The first-order valence-corrected chi connectivity index (χ1v) is 5.78. The molecule has 2 unspecified atom stereocenters. The van der Waals surface area contributed by atoms with E-state index in [1.54, 1.807) is 6.08 Å². The monoisotopic (exact) mass is 210 g/mol. The number of carbonyl (C=O) groups is 1. The van der Waals surface area contributed by atoms with Crippen LogP contribution in [0.3, 0.4) is 0 Å². The van der Waals surface area contributed by atoms with Gasteiger partial charge in [0, 0.05) is 0 Å². The molecule has 0 aliphatic heterocycles. The van der Waals surface area contributed by atoms with E-state index < -0.39 is 0 Å². The van der Waals surface area contributed by atoms with Gasteiger partial charge in [-0.2, -0.15) is 0 Å². The highest BCUT2D eigenvalue weighted by atomic mass is 16.5. The van der Waals surface area contributed by atoms with Crippen LogP contribution in [-0.2, 0) is 9.53 Å². The molecule has 1 saturated carbocycles. The molecular weight excluding hydrogens is 188 g/mol. The Balaban J connectivity index is 2.54. The standard InChI is InChI=1S/C13H22O2/c1-5-8-15-12(14)13(4)7-6-11(9-13)10(2)3/h5,10-11H,1,6-9H2,2-4H3. The second-order valence-electron chi connectivity index (χ2n) is 5.19. The van der Waals surface area contributed by atoms with E-state index in [2.05, 4.69) is 20.4 Å². The van der Waals surface area contributed by atoms with Crippen LogP contribution in [0.15, 0.2) is 12.7 Å². The molecule has 15 heavy (non-hydrogen) atoms. The molecule has 86 valence electrons. The number of hydrogen-bond acceptors (Lipinski definition) is 2. The minimum atomic E-state index is -0.252. The molecule has 2 heteroatoms. The molecule has 0 amide bonds.